The number of ether oxygens (including phenoxy) is 1. The van der Waals surface area contributed by atoms with Crippen LogP contribution in [-0.4, -0.2) is 30.4 Å². The maximum Gasteiger partial charge on any atom is 0.416 e. The molecule has 1 unspecified atom stereocenters. The van der Waals surface area contributed by atoms with Crippen molar-refractivity contribution in [1.82, 2.24) is 0 Å². The number of hydrogen-bond acceptors (Lipinski definition) is 4. The fourth-order valence-electron chi connectivity index (χ4n) is 2.40. The highest BCUT2D eigenvalue weighted by Crippen LogP contribution is 2.37. The van der Waals surface area contributed by atoms with E-state index in [0.717, 1.165) is 23.9 Å². The fraction of sp³-hybridized carbons (Fsp3) is 0.467. The second-order valence-corrected chi connectivity index (χ2v) is 6.49. The number of carbonyl (C=O) groups excluding carboxylic acids is 2. The van der Waals surface area contributed by atoms with E-state index in [4.69, 9.17) is 4.74 Å². The second-order valence-electron chi connectivity index (χ2n) is 5.29. The zero-order valence-corrected chi connectivity index (χ0v) is 13.5. The number of methoxy groups -OCH3 is 1. The Morgan fingerprint density at radius 3 is 2.65 bits per heavy atom. The number of carbonyl (C=O) groups is 2. The first-order chi connectivity index (χ1) is 10.7. The molecule has 23 heavy (non-hydrogen) atoms. The molecule has 1 aromatic carbocycles. The van der Waals surface area contributed by atoms with E-state index in [2.05, 4.69) is 0 Å². The lowest BCUT2D eigenvalue weighted by atomic mass is 10.1. The van der Waals surface area contributed by atoms with E-state index in [1.165, 1.54) is 25.0 Å². The Kier molecular flexibility index (Phi) is 5.23. The Hall–Kier alpha value is -1.70. The molecule has 0 saturated carbocycles. The van der Waals surface area contributed by atoms with E-state index in [1.807, 2.05) is 0 Å². The smallest absolute Gasteiger partial charge is 0.416 e. The van der Waals surface area contributed by atoms with Crippen molar-refractivity contribution < 1.29 is 27.5 Å². The van der Waals surface area contributed by atoms with Crippen LogP contribution in [0.5, 0.6) is 5.75 Å². The third kappa shape index (κ3) is 4.40. The second kappa shape index (κ2) is 6.82. The lowest BCUT2D eigenvalue weighted by Crippen LogP contribution is -2.25. The molecule has 0 radical (unpaired) electrons. The minimum atomic E-state index is -4.52. The summed E-state index contributed by atoms with van der Waals surface area (Å²) in [7, 11) is 1.28. The molecule has 0 aromatic heterocycles. The summed E-state index contributed by atoms with van der Waals surface area (Å²) in [4.78, 5) is 24.4. The van der Waals surface area contributed by atoms with Crippen molar-refractivity contribution in [2.45, 2.75) is 19.5 Å². The third-order valence-electron chi connectivity index (χ3n) is 3.49. The molecule has 0 bridgehead atoms. The molecule has 1 saturated heterocycles. The number of rotatable bonds is 4. The van der Waals surface area contributed by atoms with Gasteiger partial charge in [-0.2, -0.15) is 13.2 Å². The van der Waals surface area contributed by atoms with Crippen molar-refractivity contribution in [2.75, 3.05) is 24.3 Å². The summed E-state index contributed by atoms with van der Waals surface area (Å²) < 4.78 is 43.8. The Morgan fingerprint density at radius 2 is 2.09 bits per heavy atom. The van der Waals surface area contributed by atoms with Crippen LogP contribution in [0.1, 0.15) is 18.9 Å². The van der Waals surface area contributed by atoms with Gasteiger partial charge in [0.25, 0.3) is 0 Å². The first kappa shape index (κ1) is 17.7. The predicted octanol–water partition coefficient (Wildman–Crippen LogP) is 3.35. The van der Waals surface area contributed by atoms with Crippen LogP contribution in [0, 0.1) is 5.92 Å². The third-order valence-corrected chi connectivity index (χ3v) is 4.54. The van der Waals surface area contributed by atoms with Crippen LogP contribution in [0.3, 0.4) is 0 Å². The molecular formula is C15H16F3NO3S. The number of hydrogen-bond donors (Lipinski definition) is 0. The summed E-state index contributed by atoms with van der Waals surface area (Å²) in [6.45, 7) is 1.74. The van der Waals surface area contributed by atoms with Crippen molar-refractivity contribution in [2.24, 2.45) is 5.92 Å². The van der Waals surface area contributed by atoms with Gasteiger partial charge in [-0.05, 0) is 18.1 Å². The topological polar surface area (TPSA) is 46.6 Å². The summed E-state index contributed by atoms with van der Waals surface area (Å²) in [5.74, 6) is 0.217. The summed E-state index contributed by atoms with van der Waals surface area (Å²) in [6, 6.07) is 3.25. The van der Waals surface area contributed by atoms with Gasteiger partial charge in [0.05, 0.1) is 12.7 Å². The molecule has 1 fully saturated rings. The van der Waals surface area contributed by atoms with E-state index in [9.17, 15) is 22.8 Å². The van der Waals surface area contributed by atoms with E-state index in [0.29, 0.717) is 12.3 Å². The van der Waals surface area contributed by atoms with Gasteiger partial charge in [0, 0.05) is 37.4 Å². The summed E-state index contributed by atoms with van der Waals surface area (Å²) in [5.41, 5.74) is -0.696. The van der Waals surface area contributed by atoms with Gasteiger partial charge in [-0.25, -0.2) is 0 Å². The van der Waals surface area contributed by atoms with Gasteiger partial charge in [0.15, 0.2) is 5.12 Å². The Balaban J connectivity index is 2.24. The molecule has 1 amide bonds. The van der Waals surface area contributed by atoms with Crippen LogP contribution in [0.25, 0.3) is 0 Å². The Morgan fingerprint density at radius 1 is 1.39 bits per heavy atom. The number of benzene rings is 1. The molecule has 1 aromatic rings. The van der Waals surface area contributed by atoms with Gasteiger partial charge < -0.3 is 9.64 Å². The van der Waals surface area contributed by atoms with E-state index < -0.39 is 11.7 Å². The highest BCUT2D eigenvalue weighted by Gasteiger charge is 2.35. The van der Waals surface area contributed by atoms with Gasteiger partial charge in [-0.1, -0.05) is 11.8 Å². The van der Waals surface area contributed by atoms with Gasteiger partial charge >= 0.3 is 6.18 Å². The molecule has 0 aliphatic carbocycles. The molecule has 0 spiro atoms. The SMILES string of the molecule is COc1cc(N2CC(CSC(C)=O)CC2=O)cc(C(F)(F)F)c1. The summed E-state index contributed by atoms with van der Waals surface area (Å²) >= 11 is 1.12. The van der Waals surface area contributed by atoms with Gasteiger partial charge in [0.2, 0.25) is 5.91 Å². The van der Waals surface area contributed by atoms with Crippen molar-refractivity contribution in [1.29, 1.82) is 0 Å². The van der Waals surface area contributed by atoms with Gasteiger partial charge in [-0.15, -0.1) is 0 Å². The largest absolute Gasteiger partial charge is 0.497 e. The zero-order valence-electron chi connectivity index (χ0n) is 12.6. The van der Waals surface area contributed by atoms with Crippen LogP contribution < -0.4 is 9.64 Å². The molecule has 126 valence electrons. The van der Waals surface area contributed by atoms with Crippen LogP contribution in [-0.2, 0) is 15.8 Å². The predicted molar refractivity (Wildman–Crippen MR) is 81.6 cm³/mol. The highest BCUT2D eigenvalue weighted by atomic mass is 32.2. The first-order valence-electron chi connectivity index (χ1n) is 6.90. The van der Waals surface area contributed by atoms with Crippen molar-refractivity contribution >= 4 is 28.5 Å². The van der Waals surface area contributed by atoms with E-state index in [-0.39, 0.29) is 34.8 Å². The molecule has 2 rings (SSSR count). The van der Waals surface area contributed by atoms with Crippen LogP contribution in [0.2, 0.25) is 0 Å². The maximum atomic E-state index is 13.0. The molecule has 1 aliphatic heterocycles. The molecule has 8 heteroatoms. The van der Waals surface area contributed by atoms with Crippen molar-refractivity contribution in [3.05, 3.63) is 23.8 Å². The normalized spacial score (nSPS) is 18.4. The minimum Gasteiger partial charge on any atom is -0.497 e. The molecule has 1 atom stereocenters. The van der Waals surface area contributed by atoms with E-state index in [1.54, 1.807) is 0 Å². The van der Waals surface area contributed by atoms with Crippen molar-refractivity contribution in [3.63, 3.8) is 0 Å². The lowest BCUT2D eigenvalue weighted by Gasteiger charge is -2.19. The quantitative estimate of drug-likeness (QED) is 0.838. The highest BCUT2D eigenvalue weighted by molar-refractivity contribution is 8.13. The minimum absolute atomic E-state index is 0.0448. The molecule has 0 N–H and O–H groups in total. The average molecular weight is 347 g/mol. The van der Waals surface area contributed by atoms with Crippen LogP contribution >= 0.6 is 11.8 Å². The van der Waals surface area contributed by atoms with E-state index >= 15 is 0 Å². The number of thioether (sulfide) groups is 1. The number of amides is 1. The molecule has 1 heterocycles. The van der Waals surface area contributed by atoms with Crippen molar-refractivity contribution in [3.8, 4) is 5.75 Å². The Bertz CT molecular complexity index is 618. The van der Waals surface area contributed by atoms with Gasteiger partial charge in [-0.3, -0.25) is 9.59 Å². The van der Waals surface area contributed by atoms with Crippen LogP contribution in [0.4, 0.5) is 18.9 Å². The first-order valence-corrected chi connectivity index (χ1v) is 7.89. The van der Waals surface area contributed by atoms with Gasteiger partial charge in [0.1, 0.15) is 5.75 Å². The monoisotopic (exact) mass is 347 g/mol. The number of alkyl halides is 3. The summed E-state index contributed by atoms with van der Waals surface area (Å²) in [5, 5.41) is -0.0448. The molecular weight excluding hydrogens is 331 g/mol. The molecule has 4 nitrogen and oxygen atoms in total. The average Bonchev–Trinajstić information content (AvgIpc) is 2.84. The number of anilines is 1. The van der Waals surface area contributed by atoms with Crippen LogP contribution in [0.15, 0.2) is 18.2 Å². The fourth-order valence-corrected chi connectivity index (χ4v) is 3.09. The standard InChI is InChI=1S/C15H16F3NO3S/c1-9(20)23-8-10-3-14(21)19(7-10)12-4-11(15(16,17)18)5-13(6-12)22-2/h4-6,10H,3,7-8H2,1-2H3. The zero-order chi connectivity index (χ0) is 17.2. The summed E-state index contributed by atoms with van der Waals surface area (Å²) in [6.07, 6.45) is -4.30. The maximum absolute atomic E-state index is 13.0. The lowest BCUT2D eigenvalue weighted by molar-refractivity contribution is -0.137. The molecule has 1 aliphatic rings. The number of nitrogens with zero attached hydrogens (tertiary/aromatic N) is 1. The Labute approximate surface area is 136 Å². The number of halogens is 3.